The van der Waals surface area contributed by atoms with E-state index >= 15 is 0 Å². The number of rotatable bonds is 2. The Hall–Kier alpha value is -0.820. The molecule has 1 rings (SSSR count). The molecule has 1 aromatic rings. The van der Waals surface area contributed by atoms with Crippen LogP contribution in [-0.2, 0) is 6.54 Å². The molecule has 0 aliphatic heterocycles. The molecule has 0 fully saturated rings. The van der Waals surface area contributed by atoms with Gasteiger partial charge in [-0.3, -0.25) is 0 Å². The van der Waals surface area contributed by atoms with E-state index < -0.39 is 0 Å². The lowest BCUT2D eigenvalue weighted by Gasteiger charge is -2.03. The molecule has 1 aromatic carbocycles. The van der Waals surface area contributed by atoms with Crippen molar-refractivity contribution in [3.8, 4) is 0 Å². The summed E-state index contributed by atoms with van der Waals surface area (Å²) in [6.07, 6.45) is 0. The summed E-state index contributed by atoms with van der Waals surface area (Å²) in [7, 11) is 3.70. The topological polar surface area (TPSA) is 16.6 Å². The van der Waals surface area contributed by atoms with E-state index in [0.29, 0.717) is 0 Å². The normalized spacial score (nSPS) is 9.80. The van der Waals surface area contributed by atoms with Crippen LogP contribution in [0.1, 0.15) is 11.1 Å². The zero-order chi connectivity index (χ0) is 7.40. The Labute approximate surface area is 62.1 Å². The largest absolute Gasteiger partial charge is 0.475 e. The van der Waals surface area contributed by atoms with Crippen LogP contribution >= 0.6 is 0 Å². The van der Waals surface area contributed by atoms with Crippen molar-refractivity contribution in [1.82, 2.24) is 0 Å². The van der Waals surface area contributed by atoms with Gasteiger partial charge in [0, 0.05) is 5.56 Å². The maximum absolute atomic E-state index is 3.70. The molecule has 2 N–H and O–H groups in total. The molecule has 0 saturated carbocycles. The Balaban J connectivity index is 2.81. The molecule has 0 radical (unpaired) electrons. The number of hydrogen-bond donors (Lipinski definition) is 1. The fraction of sp³-hybridized carbons (Fsp3) is 0.222. The van der Waals surface area contributed by atoms with Gasteiger partial charge in [0.15, 0.2) is 0 Å². The van der Waals surface area contributed by atoms with Crippen molar-refractivity contribution in [2.45, 2.75) is 13.5 Å². The summed E-state index contributed by atoms with van der Waals surface area (Å²) in [6.45, 7) is 3.10. The van der Waals surface area contributed by atoms with Gasteiger partial charge in [-0.25, -0.2) is 0 Å². The number of aryl methyl sites for hydroxylation is 1. The first-order valence-electron chi connectivity index (χ1n) is 3.50. The van der Waals surface area contributed by atoms with Crippen molar-refractivity contribution in [3.63, 3.8) is 0 Å². The zero-order valence-corrected chi connectivity index (χ0v) is 6.30. The third kappa shape index (κ3) is 1.58. The smallest absolute Gasteiger partial charge is 0.0775 e. The van der Waals surface area contributed by atoms with E-state index in [9.17, 15) is 0 Å². The fourth-order valence-corrected chi connectivity index (χ4v) is 0.995. The van der Waals surface area contributed by atoms with Crippen LogP contribution in [0, 0.1) is 14.0 Å². The van der Waals surface area contributed by atoms with Crippen LogP contribution in [0.3, 0.4) is 0 Å². The predicted molar refractivity (Wildman–Crippen MR) is 42.2 cm³/mol. The molecular weight excluding hydrogens is 122 g/mol. The molecule has 1 nitrogen and oxygen atoms in total. The molecule has 0 aromatic heterocycles. The monoisotopic (exact) mass is 135 g/mol. The summed E-state index contributed by atoms with van der Waals surface area (Å²) in [5.41, 5.74) is 2.72. The second-order valence-electron chi connectivity index (χ2n) is 2.42. The Morgan fingerprint density at radius 2 is 2.10 bits per heavy atom. The molecule has 0 spiro atoms. The van der Waals surface area contributed by atoms with Gasteiger partial charge in [-0.05, 0) is 12.5 Å². The van der Waals surface area contributed by atoms with Crippen LogP contribution in [0.5, 0.6) is 0 Å². The summed E-state index contributed by atoms with van der Waals surface area (Å²) in [5.74, 6) is 0. The quantitative estimate of drug-likeness (QED) is 0.579. The number of hydrogen-bond acceptors (Lipinski definition) is 0. The van der Waals surface area contributed by atoms with Gasteiger partial charge in [0.25, 0.3) is 0 Å². The third-order valence-electron chi connectivity index (χ3n) is 1.63. The van der Waals surface area contributed by atoms with E-state index in [0.717, 1.165) is 6.54 Å². The molecule has 0 amide bonds. The van der Waals surface area contributed by atoms with Crippen molar-refractivity contribution >= 4 is 0 Å². The standard InChI is InChI=1S/C9H13N/c1-8-5-3-4-6-9(8)7-10-2/h3-6H,2,7,10H2,1H3. The average molecular weight is 135 g/mol. The van der Waals surface area contributed by atoms with Gasteiger partial charge in [0.1, 0.15) is 0 Å². The minimum Gasteiger partial charge on any atom is -0.475 e. The van der Waals surface area contributed by atoms with E-state index in [2.05, 4.69) is 38.2 Å². The van der Waals surface area contributed by atoms with Gasteiger partial charge in [-0.2, -0.15) is 7.05 Å². The molecule has 1 heteroatoms. The van der Waals surface area contributed by atoms with Gasteiger partial charge in [-0.15, -0.1) is 0 Å². The Morgan fingerprint density at radius 3 is 2.70 bits per heavy atom. The van der Waals surface area contributed by atoms with E-state index in [-0.39, 0.29) is 0 Å². The van der Waals surface area contributed by atoms with Gasteiger partial charge in [0.05, 0.1) is 6.54 Å². The molecule has 0 heterocycles. The van der Waals surface area contributed by atoms with Crippen molar-refractivity contribution in [1.29, 1.82) is 0 Å². The third-order valence-corrected chi connectivity index (χ3v) is 1.63. The van der Waals surface area contributed by atoms with Crippen LogP contribution in [0.15, 0.2) is 24.3 Å². The molecule has 54 valence electrons. The number of benzene rings is 1. The molecule has 0 unspecified atom stereocenters. The molecule has 0 atom stereocenters. The molecule has 0 bridgehead atoms. The highest BCUT2D eigenvalue weighted by Gasteiger charge is 1.93. The van der Waals surface area contributed by atoms with Crippen LogP contribution in [-0.4, -0.2) is 0 Å². The summed E-state index contributed by atoms with van der Waals surface area (Å²) in [6, 6.07) is 8.38. The Kier molecular flexibility index (Phi) is 2.46. The first kappa shape index (κ1) is 7.29. The highest BCUT2D eigenvalue weighted by Crippen LogP contribution is 2.03. The minimum atomic E-state index is 0.979. The Bertz CT molecular complexity index is 206. The molecule has 0 saturated heterocycles. The lowest BCUT2D eigenvalue weighted by molar-refractivity contribution is -0.612. The highest BCUT2D eigenvalue weighted by atomic mass is 14.8. The average Bonchev–Trinajstić information content (AvgIpc) is 1.94. The fourth-order valence-electron chi connectivity index (χ4n) is 0.995. The highest BCUT2D eigenvalue weighted by molar-refractivity contribution is 5.24. The number of nitrogens with two attached hydrogens (primary N) is 1. The molecule has 0 aliphatic carbocycles. The van der Waals surface area contributed by atoms with Crippen LogP contribution in [0.4, 0.5) is 0 Å². The molecule has 10 heavy (non-hydrogen) atoms. The second-order valence-corrected chi connectivity index (χ2v) is 2.42. The summed E-state index contributed by atoms with van der Waals surface area (Å²) in [4.78, 5) is 0. The van der Waals surface area contributed by atoms with Gasteiger partial charge in [0.2, 0.25) is 0 Å². The SMILES string of the molecule is [CH2-][NH2+]Cc1ccccc1C. The van der Waals surface area contributed by atoms with Crippen molar-refractivity contribution in [2.24, 2.45) is 0 Å². The van der Waals surface area contributed by atoms with E-state index in [1.54, 1.807) is 0 Å². The maximum atomic E-state index is 3.70. The molecule has 0 aliphatic rings. The van der Waals surface area contributed by atoms with Gasteiger partial charge >= 0.3 is 0 Å². The van der Waals surface area contributed by atoms with Gasteiger partial charge < -0.3 is 5.32 Å². The van der Waals surface area contributed by atoms with Crippen molar-refractivity contribution in [3.05, 3.63) is 42.4 Å². The van der Waals surface area contributed by atoms with E-state index in [4.69, 9.17) is 0 Å². The predicted octanol–water partition coefficient (Wildman–Crippen LogP) is 0.850. The van der Waals surface area contributed by atoms with Crippen molar-refractivity contribution in [2.75, 3.05) is 0 Å². The molecular formula is C9H13N. The zero-order valence-electron chi connectivity index (χ0n) is 6.30. The lowest BCUT2D eigenvalue weighted by atomic mass is 10.1. The lowest BCUT2D eigenvalue weighted by Crippen LogP contribution is -2.74. The van der Waals surface area contributed by atoms with E-state index in [1.807, 2.05) is 5.32 Å². The van der Waals surface area contributed by atoms with Crippen LogP contribution in [0.2, 0.25) is 0 Å². The van der Waals surface area contributed by atoms with E-state index in [1.165, 1.54) is 11.1 Å². The van der Waals surface area contributed by atoms with Crippen molar-refractivity contribution < 1.29 is 5.32 Å². The van der Waals surface area contributed by atoms with Gasteiger partial charge in [-0.1, -0.05) is 24.3 Å². The van der Waals surface area contributed by atoms with Crippen LogP contribution in [0.25, 0.3) is 0 Å². The summed E-state index contributed by atoms with van der Waals surface area (Å²) < 4.78 is 0. The summed E-state index contributed by atoms with van der Waals surface area (Å²) >= 11 is 0. The number of quaternary nitrogens is 1. The first-order chi connectivity index (χ1) is 4.84. The first-order valence-corrected chi connectivity index (χ1v) is 3.50. The summed E-state index contributed by atoms with van der Waals surface area (Å²) in [5, 5.41) is 1.93. The van der Waals surface area contributed by atoms with Crippen LogP contribution < -0.4 is 5.32 Å². The second kappa shape index (κ2) is 3.37. The maximum Gasteiger partial charge on any atom is 0.0775 e. The minimum absolute atomic E-state index is 0.979. The Morgan fingerprint density at radius 1 is 1.40 bits per heavy atom.